The Kier molecular flexibility index (Phi) is 4.13. The van der Waals surface area contributed by atoms with Crippen LogP contribution >= 0.6 is 11.6 Å². The highest BCUT2D eigenvalue weighted by atomic mass is 35.5. The Balaban J connectivity index is 2.09. The van der Waals surface area contributed by atoms with E-state index in [-0.39, 0.29) is 22.1 Å². The van der Waals surface area contributed by atoms with Crippen LogP contribution in [0.3, 0.4) is 0 Å². The number of aromatic nitrogens is 1. The van der Waals surface area contributed by atoms with E-state index in [0.29, 0.717) is 24.4 Å². The zero-order valence-electron chi connectivity index (χ0n) is 12.6. The van der Waals surface area contributed by atoms with E-state index in [2.05, 4.69) is 6.92 Å². The van der Waals surface area contributed by atoms with Crippen molar-refractivity contribution in [2.24, 2.45) is 0 Å². The molecule has 1 aliphatic heterocycles. The number of aliphatic carboxylic acids is 1. The molecule has 0 saturated carbocycles. The highest BCUT2D eigenvalue weighted by Gasteiger charge is 2.30. The molecule has 0 atom stereocenters. The van der Waals surface area contributed by atoms with E-state index in [1.54, 1.807) is 16.7 Å². The van der Waals surface area contributed by atoms with Gasteiger partial charge in [0.25, 0.3) is 0 Å². The summed E-state index contributed by atoms with van der Waals surface area (Å²) in [6.45, 7) is 2.43. The second-order valence-electron chi connectivity index (χ2n) is 5.47. The molecule has 0 fully saturated rings. The fourth-order valence-electron chi connectivity index (χ4n) is 2.89. The summed E-state index contributed by atoms with van der Waals surface area (Å²) in [6.07, 6.45) is 5.60. The van der Waals surface area contributed by atoms with Crippen LogP contribution in [0.1, 0.15) is 47.3 Å². The lowest BCUT2D eigenvalue weighted by Crippen LogP contribution is -2.11. The predicted octanol–water partition coefficient (Wildman–Crippen LogP) is 3.79. The lowest BCUT2D eigenvalue weighted by atomic mass is 10.0. The third kappa shape index (κ3) is 2.61. The first kappa shape index (κ1) is 15.6. The number of nitrogens with zero attached hydrogens (tertiary/aromatic N) is 1. The van der Waals surface area contributed by atoms with Crippen molar-refractivity contribution in [2.45, 2.75) is 32.7 Å². The molecule has 120 valence electrons. The van der Waals surface area contributed by atoms with Crippen molar-refractivity contribution in [3.05, 3.63) is 52.2 Å². The molecule has 6 heteroatoms. The molecular weight excluding hydrogens is 318 g/mol. The van der Waals surface area contributed by atoms with Gasteiger partial charge in [0, 0.05) is 6.54 Å². The highest BCUT2D eigenvalue weighted by Crippen LogP contribution is 2.32. The number of allylic oxidation sites excluding steroid dienone is 1. The van der Waals surface area contributed by atoms with Crippen LogP contribution in [0.2, 0.25) is 5.02 Å². The molecule has 0 bridgehead atoms. The fourth-order valence-corrected chi connectivity index (χ4v) is 3.07. The first-order chi connectivity index (χ1) is 11.0. The number of unbranched alkanes of at least 4 members (excludes halogenated alkanes) is 1. The molecule has 0 aromatic carbocycles. The van der Waals surface area contributed by atoms with Crippen molar-refractivity contribution in [1.29, 1.82) is 0 Å². The number of carbonyl (C=O) groups excluding carboxylic acids is 1. The minimum atomic E-state index is -0.988. The summed E-state index contributed by atoms with van der Waals surface area (Å²) in [5.41, 5.74) is 2.10. The summed E-state index contributed by atoms with van der Waals surface area (Å²) in [4.78, 5) is 24.2. The topological polar surface area (TPSA) is 72.4 Å². The number of hydrogen-bond donors (Lipinski definition) is 1. The first-order valence-electron chi connectivity index (χ1n) is 7.48. The molecule has 1 N–H and O–H groups in total. The van der Waals surface area contributed by atoms with Crippen molar-refractivity contribution in [1.82, 2.24) is 4.57 Å². The SMILES string of the molecule is CCCCc1cc2n(c1C(=O)c1occc1Cl)CC=C2C(=O)O. The van der Waals surface area contributed by atoms with E-state index in [1.807, 2.05) is 0 Å². The number of aryl methyl sites for hydroxylation is 1. The molecule has 2 aromatic rings. The number of carbonyl (C=O) groups is 2. The molecule has 0 aliphatic carbocycles. The van der Waals surface area contributed by atoms with Crippen molar-refractivity contribution in [3.63, 3.8) is 0 Å². The summed E-state index contributed by atoms with van der Waals surface area (Å²) in [5.74, 6) is -1.20. The minimum absolute atomic E-state index is 0.0918. The molecule has 5 nitrogen and oxygen atoms in total. The quantitative estimate of drug-likeness (QED) is 0.816. The van der Waals surface area contributed by atoms with Gasteiger partial charge in [0.1, 0.15) is 0 Å². The van der Waals surface area contributed by atoms with Crippen LogP contribution in [0.5, 0.6) is 0 Å². The van der Waals surface area contributed by atoms with Gasteiger partial charge in [-0.1, -0.05) is 24.9 Å². The van der Waals surface area contributed by atoms with Crippen LogP contribution in [0, 0.1) is 0 Å². The van der Waals surface area contributed by atoms with Gasteiger partial charge in [0.05, 0.1) is 28.2 Å². The fraction of sp³-hybridized carbons (Fsp3) is 0.294. The van der Waals surface area contributed by atoms with E-state index < -0.39 is 5.97 Å². The second kappa shape index (κ2) is 6.08. The molecule has 3 heterocycles. The van der Waals surface area contributed by atoms with Crippen molar-refractivity contribution in [2.75, 3.05) is 0 Å². The van der Waals surface area contributed by atoms with Crippen LogP contribution in [-0.2, 0) is 17.8 Å². The van der Waals surface area contributed by atoms with E-state index in [0.717, 1.165) is 18.4 Å². The maximum absolute atomic E-state index is 12.8. The number of furan rings is 1. The van der Waals surface area contributed by atoms with Gasteiger partial charge in [0.2, 0.25) is 5.78 Å². The van der Waals surface area contributed by atoms with Crippen molar-refractivity contribution < 1.29 is 19.1 Å². The number of fused-ring (bicyclic) bond motifs is 1. The maximum Gasteiger partial charge on any atom is 0.337 e. The Hall–Kier alpha value is -2.27. The number of carboxylic acid groups (broad SMARTS) is 1. The average Bonchev–Trinajstić information content (AvgIpc) is 3.18. The normalized spacial score (nSPS) is 13.0. The Morgan fingerprint density at radius 1 is 1.43 bits per heavy atom. The summed E-state index contributed by atoms with van der Waals surface area (Å²) in [7, 11) is 0. The molecule has 2 aromatic heterocycles. The highest BCUT2D eigenvalue weighted by molar-refractivity contribution is 6.34. The molecule has 0 unspecified atom stereocenters. The average molecular weight is 334 g/mol. The van der Waals surface area contributed by atoms with Crippen LogP contribution in [-0.4, -0.2) is 21.4 Å². The van der Waals surface area contributed by atoms with E-state index >= 15 is 0 Å². The number of carboxylic acids is 1. The monoisotopic (exact) mass is 333 g/mol. The number of halogens is 1. The van der Waals surface area contributed by atoms with Gasteiger partial charge >= 0.3 is 5.97 Å². The molecule has 1 aliphatic rings. The molecule has 23 heavy (non-hydrogen) atoms. The lowest BCUT2D eigenvalue weighted by Gasteiger charge is -2.07. The number of rotatable bonds is 6. The van der Waals surface area contributed by atoms with Gasteiger partial charge in [-0.15, -0.1) is 0 Å². The number of hydrogen-bond acceptors (Lipinski definition) is 3. The third-order valence-electron chi connectivity index (χ3n) is 4.00. The maximum atomic E-state index is 12.8. The van der Waals surface area contributed by atoms with Gasteiger partial charge in [0.15, 0.2) is 5.76 Å². The zero-order chi connectivity index (χ0) is 16.6. The minimum Gasteiger partial charge on any atom is -0.478 e. The summed E-state index contributed by atoms with van der Waals surface area (Å²) >= 11 is 6.01. The van der Waals surface area contributed by atoms with Crippen molar-refractivity contribution in [3.8, 4) is 0 Å². The van der Waals surface area contributed by atoms with E-state index in [4.69, 9.17) is 16.0 Å². The summed E-state index contributed by atoms with van der Waals surface area (Å²) in [6, 6.07) is 3.32. The zero-order valence-corrected chi connectivity index (χ0v) is 13.4. The third-order valence-corrected chi connectivity index (χ3v) is 4.30. The van der Waals surface area contributed by atoms with Gasteiger partial charge in [-0.2, -0.15) is 0 Å². The van der Waals surface area contributed by atoms with Gasteiger partial charge < -0.3 is 14.1 Å². The largest absolute Gasteiger partial charge is 0.478 e. The molecular formula is C17H16ClNO4. The predicted molar refractivity (Wildman–Crippen MR) is 85.8 cm³/mol. The van der Waals surface area contributed by atoms with Gasteiger partial charge in [-0.25, -0.2) is 4.79 Å². The van der Waals surface area contributed by atoms with Crippen LogP contribution in [0.15, 0.2) is 28.9 Å². The molecule has 0 radical (unpaired) electrons. The van der Waals surface area contributed by atoms with E-state index in [1.165, 1.54) is 12.3 Å². The summed E-state index contributed by atoms with van der Waals surface area (Å²) < 4.78 is 6.95. The second-order valence-corrected chi connectivity index (χ2v) is 5.87. The Labute approximate surface area is 138 Å². The Morgan fingerprint density at radius 2 is 2.22 bits per heavy atom. The van der Waals surface area contributed by atoms with Crippen LogP contribution in [0.4, 0.5) is 0 Å². The van der Waals surface area contributed by atoms with Gasteiger partial charge in [-0.05, 0) is 36.6 Å². The Morgan fingerprint density at radius 3 is 2.83 bits per heavy atom. The lowest BCUT2D eigenvalue weighted by molar-refractivity contribution is -0.130. The van der Waals surface area contributed by atoms with Crippen molar-refractivity contribution >= 4 is 28.9 Å². The smallest absolute Gasteiger partial charge is 0.337 e. The Bertz CT molecular complexity index is 813. The van der Waals surface area contributed by atoms with Crippen LogP contribution in [0.25, 0.3) is 5.57 Å². The molecule has 3 rings (SSSR count). The number of ketones is 1. The van der Waals surface area contributed by atoms with Gasteiger partial charge in [-0.3, -0.25) is 4.79 Å². The molecule has 0 amide bonds. The molecule has 0 saturated heterocycles. The standard InChI is InChI=1S/C17H16ClNO4/c1-2-3-4-10-9-13-11(17(21)22)5-7-19(13)14(10)15(20)16-12(18)6-8-23-16/h5-6,8-9H,2-4,7H2,1H3,(H,21,22). The van der Waals surface area contributed by atoms with E-state index in [9.17, 15) is 14.7 Å². The first-order valence-corrected chi connectivity index (χ1v) is 7.86. The summed E-state index contributed by atoms with van der Waals surface area (Å²) in [5, 5.41) is 9.56. The molecule has 0 spiro atoms. The van der Waals surface area contributed by atoms with Crippen LogP contribution < -0.4 is 0 Å².